The number of carbonyl (C=O) groups excluding carboxylic acids is 1. The molecule has 0 bridgehead atoms. The van der Waals surface area contributed by atoms with Gasteiger partial charge in [-0.3, -0.25) is 9.79 Å². The van der Waals surface area contributed by atoms with Gasteiger partial charge in [0.15, 0.2) is 5.96 Å². The molecular weight excluding hydrogens is 459 g/mol. The number of guanidine groups is 1. The van der Waals surface area contributed by atoms with E-state index in [9.17, 15) is 9.90 Å². The van der Waals surface area contributed by atoms with Crippen LogP contribution in [0, 0.1) is 5.41 Å². The summed E-state index contributed by atoms with van der Waals surface area (Å²) in [5, 5.41) is 16.0. The van der Waals surface area contributed by atoms with E-state index < -0.39 is 0 Å². The van der Waals surface area contributed by atoms with E-state index in [0.717, 1.165) is 64.3 Å². The second-order valence-corrected chi connectivity index (χ2v) is 7.44. The molecule has 0 aromatic heterocycles. The second kappa shape index (κ2) is 12.8. The van der Waals surface area contributed by atoms with Gasteiger partial charge in [0.25, 0.3) is 0 Å². The van der Waals surface area contributed by atoms with E-state index in [2.05, 4.69) is 24.5 Å². The Bertz CT molecular complexity index is 470. The first-order valence-corrected chi connectivity index (χ1v) is 10.1. The van der Waals surface area contributed by atoms with Gasteiger partial charge in [-0.2, -0.15) is 0 Å². The summed E-state index contributed by atoms with van der Waals surface area (Å²) >= 11 is 0. The minimum absolute atomic E-state index is 0. The fourth-order valence-electron chi connectivity index (χ4n) is 3.87. The van der Waals surface area contributed by atoms with Crippen LogP contribution < -0.4 is 10.6 Å². The van der Waals surface area contributed by atoms with Gasteiger partial charge in [0.05, 0.1) is 13.2 Å². The molecule has 0 aromatic carbocycles. The molecule has 3 N–H and O–H groups in total. The molecule has 158 valence electrons. The summed E-state index contributed by atoms with van der Waals surface area (Å²) in [5.41, 5.74) is -0.0367. The first-order valence-electron chi connectivity index (χ1n) is 10.1. The van der Waals surface area contributed by atoms with Gasteiger partial charge in [0.2, 0.25) is 5.91 Å². The molecule has 27 heavy (non-hydrogen) atoms. The molecular formula is C19H37IN4O3. The summed E-state index contributed by atoms with van der Waals surface area (Å²) in [4.78, 5) is 18.7. The Morgan fingerprint density at radius 1 is 1.41 bits per heavy atom. The third-order valence-electron chi connectivity index (χ3n) is 5.54. The first kappa shape index (κ1) is 24.4. The van der Waals surface area contributed by atoms with Gasteiger partial charge in [-0.15, -0.1) is 24.0 Å². The number of carbonyl (C=O) groups is 1. The van der Waals surface area contributed by atoms with Gasteiger partial charge in [-0.05, 0) is 39.0 Å². The van der Waals surface area contributed by atoms with Gasteiger partial charge in [-0.25, -0.2) is 0 Å². The van der Waals surface area contributed by atoms with Crippen LogP contribution in [0.25, 0.3) is 0 Å². The number of aliphatic hydroxyl groups is 1. The molecule has 2 rings (SSSR count). The SMILES string of the molecule is CCNC(=NCC1(CCO)CCOC1)NCCC(CC)N1CCCC1=O.I. The lowest BCUT2D eigenvalue weighted by molar-refractivity contribution is -0.129. The van der Waals surface area contributed by atoms with E-state index in [1.54, 1.807) is 0 Å². The van der Waals surface area contributed by atoms with Crippen molar-refractivity contribution in [2.24, 2.45) is 10.4 Å². The van der Waals surface area contributed by atoms with Crippen molar-refractivity contribution in [2.45, 2.75) is 58.4 Å². The molecule has 0 spiro atoms. The third kappa shape index (κ3) is 7.38. The molecule has 0 aliphatic carbocycles. The zero-order valence-corrected chi connectivity index (χ0v) is 19.2. The molecule has 0 aromatic rings. The topological polar surface area (TPSA) is 86.2 Å². The highest BCUT2D eigenvalue weighted by Crippen LogP contribution is 2.32. The van der Waals surface area contributed by atoms with Crippen molar-refractivity contribution < 1.29 is 14.6 Å². The van der Waals surface area contributed by atoms with Crippen LogP contribution in [0.3, 0.4) is 0 Å². The summed E-state index contributed by atoms with van der Waals surface area (Å²) in [6.45, 7) is 8.94. The lowest BCUT2D eigenvalue weighted by atomic mass is 9.84. The van der Waals surface area contributed by atoms with Crippen LogP contribution in [0.5, 0.6) is 0 Å². The molecule has 2 aliphatic rings. The molecule has 2 fully saturated rings. The van der Waals surface area contributed by atoms with Gasteiger partial charge in [-0.1, -0.05) is 6.92 Å². The van der Waals surface area contributed by atoms with Crippen molar-refractivity contribution >= 4 is 35.8 Å². The number of likely N-dealkylation sites (tertiary alicyclic amines) is 1. The Kier molecular flexibility index (Phi) is 11.6. The molecule has 0 saturated carbocycles. The van der Waals surface area contributed by atoms with E-state index in [0.29, 0.717) is 31.5 Å². The average molecular weight is 496 g/mol. The summed E-state index contributed by atoms with van der Waals surface area (Å²) in [7, 11) is 0. The highest BCUT2D eigenvalue weighted by atomic mass is 127. The predicted octanol–water partition coefficient (Wildman–Crippen LogP) is 1.74. The van der Waals surface area contributed by atoms with Crippen LogP contribution in [-0.4, -0.2) is 73.9 Å². The summed E-state index contributed by atoms with van der Waals surface area (Å²) in [6, 6.07) is 0.310. The number of aliphatic imine (C=N–C) groups is 1. The number of rotatable bonds is 10. The summed E-state index contributed by atoms with van der Waals surface area (Å²) in [5.74, 6) is 1.10. The van der Waals surface area contributed by atoms with Crippen LogP contribution in [0.15, 0.2) is 4.99 Å². The number of amides is 1. The lowest BCUT2D eigenvalue weighted by Gasteiger charge is -2.27. The Balaban J connectivity index is 0.00000364. The maximum absolute atomic E-state index is 12.0. The highest BCUT2D eigenvalue weighted by molar-refractivity contribution is 14.0. The maximum atomic E-state index is 12.0. The Labute approximate surface area is 180 Å². The van der Waals surface area contributed by atoms with Crippen molar-refractivity contribution in [2.75, 3.05) is 46.0 Å². The molecule has 8 heteroatoms. The van der Waals surface area contributed by atoms with E-state index >= 15 is 0 Å². The van der Waals surface area contributed by atoms with Gasteiger partial charge < -0.3 is 25.4 Å². The monoisotopic (exact) mass is 496 g/mol. The summed E-state index contributed by atoms with van der Waals surface area (Å²) in [6.07, 6.45) is 5.27. The molecule has 2 aliphatic heterocycles. The standard InChI is InChI=1S/C19H36N4O3.HI/c1-3-16(23-11-5-6-17(23)25)7-10-21-18(20-4-2)22-14-19(8-12-24)9-13-26-15-19;/h16,24H,3-15H2,1-2H3,(H2,20,21,22);1H. The van der Waals surface area contributed by atoms with Crippen LogP contribution in [0.2, 0.25) is 0 Å². The normalized spacial score (nSPS) is 24.0. The molecule has 0 radical (unpaired) electrons. The van der Waals surface area contributed by atoms with E-state index in [1.165, 1.54) is 0 Å². The fourth-order valence-corrected chi connectivity index (χ4v) is 3.87. The number of aliphatic hydroxyl groups excluding tert-OH is 1. The zero-order valence-electron chi connectivity index (χ0n) is 16.8. The molecule has 2 unspecified atom stereocenters. The molecule has 2 heterocycles. The molecule has 2 atom stereocenters. The Hall–Kier alpha value is -0.610. The Morgan fingerprint density at radius 2 is 2.22 bits per heavy atom. The fraction of sp³-hybridized carbons (Fsp3) is 0.895. The maximum Gasteiger partial charge on any atom is 0.222 e. The largest absolute Gasteiger partial charge is 0.396 e. The van der Waals surface area contributed by atoms with E-state index in [4.69, 9.17) is 9.73 Å². The Morgan fingerprint density at radius 3 is 2.78 bits per heavy atom. The highest BCUT2D eigenvalue weighted by Gasteiger charge is 2.34. The first-order chi connectivity index (χ1) is 12.6. The molecule has 1 amide bonds. The smallest absolute Gasteiger partial charge is 0.222 e. The zero-order chi connectivity index (χ0) is 18.8. The van der Waals surface area contributed by atoms with Gasteiger partial charge >= 0.3 is 0 Å². The lowest BCUT2D eigenvalue weighted by Crippen LogP contribution is -2.42. The van der Waals surface area contributed by atoms with Crippen molar-refractivity contribution in [3.63, 3.8) is 0 Å². The van der Waals surface area contributed by atoms with Crippen LogP contribution in [-0.2, 0) is 9.53 Å². The van der Waals surface area contributed by atoms with Crippen molar-refractivity contribution in [1.82, 2.24) is 15.5 Å². The second-order valence-electron chi connectivity index (χ2n) is 7.44. The molecule has 7 nitrogen and oxygen atoms in total. The number of nitrogens with one attached hydrogen (secondary N) is 2. The summed E-state index contributed by atoms with van der Waals surface area (Å²) < 4.78 is 5.54. The number of hydrogen-bond donors (Lipinski definition) is 3. The van der Waals surface area contributed by atoms with Crippen LogP contribution in [0.1, 0.15) is 52.4 Å². The van der Waals surface area contributed by atoms with E-state index in [1.807, 2.05) is 4.90 Å². The number of hydrogen-bond acceptors (Lipinski definition) is 4. The third-order valence-corrected chi connectivity index (χ3v) is 5.54. The average Bonchev–Trinajstić information content (AvgIpc) is 3.27. The minimum Gasteiger partial charge on any atom is -0.396 e. The minimum atomic E-state index is -0.0367. The van der Waals surface area contributed by atoms with Gasteiger partial charge in [0.1, 0.15) is 0 Å². The number of ether oxygens (including phenoxy) is 1. The number of nitrogens with zero attached hydrogens (tertiary/aromatic N) is 2. The van der Waals surface area contributed by atoms with E-state index in [-0.39, 0.29) is 36.0 Å². The van der Waals surface area contributed by atoms with Gasteiger partial charge in [0, 0.05) is 50.7 Å². The number of halogens is 1. The van der Waals surface area contributed by atoms with Crippen molar-refractivity contribution in [3.05, 3.63) is 0 Å². The van der Waals surface area contributed by atoms with Crippen molar-refractivity contribution in [1.29, 1.82) is 0 Å². The predicted molar refractivity (Wildman–Crippen MR) is 119 cm³/mol. The quantitative estimate of drug-likeness (QED) is 0.244. The van der Waals surface area contributed by atoms with Crippen LogP contribution in [0.4, 0.5) is 0 Å². The van der Waals surface area contributed by atoms with Crippen molar-refractivity contribution in [3.8, 4) is 0 Å². The molecule has 2 saturated heterocycles. The van der Waals surface area contributed by atoms with Crippen LogP contribution >= 0.6 is 24.0 Å².